The van der Waals surface area contributed by atoms with Gasteiger partial charge in [-0.15, -0.1) is 0 Å². The van der Waals surface area contributed by atoms with Gasteiger partial charge in [0, 0.05) is 19.2 Å². The summed E-state index contributed by atoms with van der Waals surface area (Å²) in [6.07, 6.45) is 5.72. The Morgan fingerprint density at radius 3 is 2.50 bits per heavy atom. The largest absolute Gasteiger partial charge is 0.380 e. The van der Waals surface area contributed by atoms with Crippen molar-refractivity contribution in [1.29, 1.82) is 0 Å². The molecule has 1 atom stereocenters. The lowest BCUT2D eigenvalue weighted by Crippen LogP contribution is -2.40. The SMILES string of the molecule is CCOCC(C)NCC(C)(C)C1CCCC1. The summed E-state index contributed by atoms with van der Waals surface area (Å²) in [4.78, 5) is 0. The average Bonchev–Trinajstić information content (AvgIpc) is 2.77. The van der Waals surface area contributed by atoms with Gasteiger partial charge in [-0.05, 0) is 38.0 Å². The van der Waals surface area contributed by atoms with Crippen molar-refractivity contribution >= 4 is 0 Å². The summed E-state index contributed by atoms with van der Waals surface area (Å²) in [6.45, 7) is 11.8. The minimum atomic E-state index is 0.441. The fraction of sp³-hybridized carbons (Fsp3) is 1.00. The second-order valence-corrected chi connectivity index (χ2v) is 5.91. The maximum absolute atomic E-state index is 5.42. The van der Waals surface area contributed by atoms with E-state index < -0.39 is 0 Å². The van der Waals surface area contributed by atoms with Gasteiger partial charge in [0.25, 0.3) is 0 Å². The van der Waals surface area contributed by atoms with Crippen LogP contribution in [0.5, 0.6) is 0 Å². The van der Waals surface area contributed by atoms with E-state index >= 15 is 0 Å². The summed E-state index contributed by atoms with van der Waals surface area (Å²) in [6, 6.07) is 0.473. The van der Waals surface area contributed by atoms with Gasteiger partial charge >= 0.3 is 0 Å². The van der Waals surface area contributed by atoms with Gasteiger partial charge in [-0.3, -0.25) is 0 Å². The normalized spacial score (nSPS) is 20.2. The van der Waals surface area contributed by atoms with Gasteiger partial charge < -0.3 is 10.1 Å². The Morgan fingerprint density at radius 2 is 1.94 bits per heavy atom. The van der Waals surface area contributed by atoms with Crippen molar-refractivity contribution in [2.45, 2.75) is 59.4 Å². The van der Waals surface area contributed by atoms with E-state index in [1.807, 2.05) is 0 Å². The molecule has 0 spiro atoms. The molecule has 96 valence electrons. The summed E-state index contributed by atoms with van der Waals surface area (Å²) in [5, 5.41) is 3.61. The molecule has 2 nitrogen and oxygen atoms in total. The van der Waals surface area contributed by atoms with Crippen LogP contribution in [0, 0.1) is 11.3 Å². The summed E-state index contributed by atoms with van der Waals surface area (Å²) >= 11 is 0. The lowest BCUT2D eigenvalue weighted by atomic mass is 9.77. The first-order valence-electron chi connectivity index (χ1n) is 6.87. The standard InChI is InChI=1S/C14H29NO/c1-5-16-10-12(2)15-11-14(3,4)13-8-6-7-9-13/h12-13,15H,5-11H2,1-4H3. The quantitative estimate of drug-likeness (QED) is 0.721. The summed E-state index contributed by atoms with van der Waals surface area (Å²) in [7, 11) is 0. The summed E-state index contributed by atoms with van der Waals surface area (Å²) in [5.41, 5.74) is 0.441. The average molecular weight is 227 g/mol. The molecule has 0 aromatic heterocycles. The Morgan fingerprint density at radius 1 is 1.31 bits per heavy atom. The molecule has 0 heterocycles. The molecule has 1 aliphatic carbocycles. The van der Waals surface area contributed by atoms with Gasteiger partial charge in [-0.1, -0.05) is 26.7 Å². The van der Waals surface area contributed by atoms with E-state index in [1.165, 1.54) is 25.7 Å². The second-order valence-electron chi connectivity index (χ2n) is 5.91. The van der Waals surface area contributed by atoms with Crippen LogP contribution < -0.4 is 5.32 Å². The number of ether oxygens (including phenoxy) is 1. The van der Waals surface area contributed by atoms with Crippen LogP contribution in [0.4, 0.5) is 0 Å². The molecule has 0 saturated heterocycles. The zero-order valence-electron chi connectivity index (χ0n) is 11.5. The van der Waals surface area contributed by atoms with Gasteiger partial charge in [-0.25, -0.2) is 0 Å². The molecule has 1 N–H and O–H groups in total. The molecule has 0 aromatic rings. The van der Waals surface area contributed by atoms with Crippen molar-refractivity contribution in [2.75, 3.05) is 19.8 Å². The predicted molar refractivity (Wildman–Crippen MR) is 69.7 cm³/mol. The molecule has 1 fully saturated rings. The lowest BCUT2D eigenvalue weighted by molar-refractivity contribution is 0.117. The molecule has 16 heavy (non-hydrogen) atoms. The number of hydrogen-bond donors (Lipinski definition) is 1. The van der Waals surface area contributed by atoms with Gasteiger partial charge in [0.05, 0.1) is 6.61 Å². The van der Waals surface area contributed by atoms with Crippen LogP contribution >= 0.6 is 0 Å². The molecular formula is C14H29NO. The fourth-order valence-corrected chi connectivity index (χ4v) is 2.64. The monoisotopic (exact) mass is 227 g/mol. The van der Waals surface area contributed by atoms with Crippen LogP contribution in [0.15, 0.2) is 0 Å². The van der Waals surface area contributed by atoms with E-state index in [2.05, 4.69) is 33.0 Å². The van der Waals surface area contributed by atoms with Crippen LogP contribution in [-0.4, -0.2) is 25.8 Å². The first kappa shape index (κ1) is 14.0. The fourth-order valence-electron chi connectivity index (χ4n) is 2.64. The van der Waals surface area contributed by atoms with Crippen LogP contribution in [0.3, 0.4) is 0 Å². The number of nitrogens with one attached hydrogen (secondary N) is 1. The predicted octanol–water partition coefficient (Wildman–Crippen LogP) is 3.22. The Bertz CT molecular complexity index is 185. The molecule has 1 unspecified atom stereocenters. The van der Waals surface area contributed by atoms with Gasteiger partial charge in [0.1, 0.15) is 0 Å². The molecule has 0 radical (unpaired) electrons. The topological polar surface area (TPSA) is 21.3 Å². The Kier molecular flexibility index (Phi) is 5.77. The molecule has 0 amide bonds. The third-order valence-corrected chi connectivity index (χ3v) is 3.94. The van der Waals surface area contributed by atoms with E-state index in [-0.39, 0.29) is 0 Å². The number of rotatable bonds is 7. The smallest absolute Gasteiger partial charge is 0.0616 e. The highest BCUT2D eigenvalue weighted by molar-refractivity contribution is 4.84. The van der Waals surface area contributed by atoms with E-state index in [4.69, 9.17) is 4.74 Å². The minimum absolute atomic E-state index is 0.441. The molecule has 0 aromatic carbocycles. The first-order valence-corrected chi connectivity index (χ1v) is 6.87. The van der Waals surface area contributed by atoms with Crippen LogP contribution in [0.25, 0.3) is 0 Å². The van der Waals surface area contributed by atoms with Gasteiger partial charge in [-0.2, -0.15) is 0 Å². The second kappa shape index (κ2) is 6.61. The van der Waals surface area contributed by atoms with Crippen molar-refractivity contribution in [3.05, 3.63) is 0 Å². The maximum Gasteiger partial charge on any atom is 0.0616 e. The van der Waals surface area contributed by atoms with Crippen molar-refractivity contribution in [2.24, 2.45) is 11.3 Å². The molecule has 0 aliphatic heterocycles. The third-order valence-electron chi connectivity index (χ3n) is 3.94. The third kappa shape index (κ3) is 4.42. The van der Waals surface area contributed by atoms with E-state index in [0.29, 0.717) is 11.5 Å². The highest BCUT2D eigenvalue weighted by Crippen LogP contribution is 2.39. The highest BCUT2D eigenvalue weighted by atomic mass is 16.5. The van der Waals surface area contributed by atoms with E-state index in [9.17, 15) is 0 Å². The van der Waals surface area contributed by atoms with Gasteiger partial charge in [0.15, 0.2) is 0 Å². The van der Waals surface area contributed by atoms with E-state index in [0.717, 1.165) is 25.7 Å². The van der Waals surface area contributed by atoms with Crippen molar-refractivity contribution in [1.82, 2.24) is 5.32 Å². The summed E-state index contributed by atoms with van der Waals surface area (Å²) < 4.78 is 5.42. The highest BCUT2D eigenvalue weighted by Gasteiger charge is 2.31. The Balaban J connectivity index is 2.23. The van der Waals surface area contributed by atoms with Crippen LogP contribution in [0.1, 0.15) is 53.4 Å². The molecule has 1 aliphatic rings. The zero-order valence-corrected chi connectivity index (χ0v) is 11.5. The van der Waals surface area contributed by atoms with Crippen molar-refractivity contribution < 1.29 is 4.74 Å². The zero-order chi connectivity index (χ0) is 12.0. The summed E-state index contributed by atoms with van der Waals surface area (Å²) in [5.74, 6) is 0.916. The lowest BCUT2D eigenvalue weighted by Gasteiger charge is -2.33. The first-order chi connectivity index (χ1) is 7.56. The maximum atomic E-state index is 5.42. The van der Waals surface area contributed by atoms with Crippen LogP contribution in [0.2, 0.25) is 0 Å². The van der Waals surface area contributed by atoms with Crippen LogP contribution in [-0.2, 0) is 4.74 Å². The minimum Gasteiger partial charge on any atom is -0.380 e. The molecule has 1 saturated carbocycles. The Hall–Kier alpha value is -0.0800. The van der Waals surface area contributed by atoms with Crippen molar-refractivity contribution in [3.8, 4) is 0 Å². The molecule has 0 bridgehead atoms. The Labute approximate surface area is 101 Å². The molecule has 1 rings (SSSR count). The van der Waals surface area contributed by atoms with E-state index in [1.54, 1.807) is 0 Å². The molecule has 2 heteroatoms. The van der Waals surface area contributed by atoms with Gasteiger partial charge in [0.2, 0.25) is 0 Å². The number of hydrogen-bond acceptors (Lipinski definition) is 2. The molecular weight excluding hydrogens is 198 g/mol. The van der Waals surface area contributed by atoms with Crippen molar-refractivity contribution in [3.63, 3.8) is 0 Å².